The van der Waals surface area contributed by atoms with Crippen LogP contribution in [0.15, 0.2) is 36.4 Å². The molecule has 2 aromatic rings. The maximum Gasteiger partial charge on any atom is 0.227 e. The summed E-state index contributed by atoms with van der Waals surface area (Å²) >= 11 is 5.81. The highest BCUT2D eigenvalue weighted by molar-refractivity contribution is 6.29. The minimum atomic E-state index is 0.138. The van der Waals surface area contributed by atoms with Crippen LogP contribution in [0.3, 0.4) is 0 Å². The van der Waals surface area contributed by atoms with Gasteiger partial charge in [-0.1, -0.05) is 35.9 Å². The van der Waals surface area contributed by atoms with Gasteiger partial charge in [-0.2, -0.15) is 0 Å². The number of benzene rings is 1. The highest BCUT2D eigenvalue weighted by atomic mass is 35.5. The summed E-state index contributed by atoms with van der Waals surface area (Å²) in [5.74, 6) is 1.76. The molecule has 1 aliphatic heterocycles. The first-order valence-corrected chi connectivity index (χ1v) is 9.60. The molecule has 1 aliphatic carbocycles. The van der Waals surface area contributed by atoms with Gasteiger partial charge in [0.2, 0.25) is 5.91 Å². The molecule has 1 atom stereocenters. The van der Waals surface area contributed by atoms with Crippen LogP contribution in [0.1, 0.15) is 36.8 Å². The Kier molecular flexibility index (Phi) is 4.81. The number of hydrogen-bond acceptors (Lipinski definition) is 4. The molecule has 1 saturated carbocycles. The van der Waals surface area contributed by atoms with Crippen LogP contribution in [0.5, 0.6) is 0 Å². The van der Waals surface area contributed by atoms with E-state index in [0.29, 0.717) is 18.1 Å². The van der Waals surface area contributed by atoms with Crippen LogP contribution in [0.4, 0.5) is 5.82 Å². The van der Waals surface area contributed by atoms with Crippen LogP contribution < -0.4 is 4.90 Å². The minimum Gasteiger partial charge on any atom is -0.351 e. The van der Waals surface area contributed by atoms with Crippen molar-refractivity contribution in [2.45, 2.75) is 38.1 Å². The second-order valence-corrected chi connectivity index (χ2v) is 7.68. The topological polar surface area (TPSA) is 49.3 Å². The fourth-order valence-electron chi connectivity index (χ4n) is 3.61. The van der Waals surface area contributed by atoms with Crippen molar-refractivity contribution in [1.29, 1.82) is 0 Å². The van der Waals surface area contributed by atoms with Gasteiger partial charge >= 0.3 is 0 Å². The van der Waals surface area contributed by atoms with Crippen molar-refractivity contribution in [3.8, 4) is 0 Å². The average molecular weight is 371 g/mol. The van der Waals surface area contributed by atoms with Crippen LogP contribution in [0.2, 0.25) is 5.15 Å². The number of nitrogens with zero attached hydrogens (tertiary/aromatic N) is 4. The van der Waals surface area contributed by atoms with Gasteiger partial charge < -0.3 is 9.80 Å². The second kappa shape index (κ2) is 7.23. The molecule has 0 radical (unpaired) electrons. The molecule has 0 spiro atoms. The van der Waals surface area contributed by atoms with Crippen LogP contribution in [-0.2, 0) is 11.2 Å². The molecule has 2 fully saturated rings. The summed E-state index contributed by atoms with van der Waals surface area (Å²) in [5, 5.41) is 8.44. The van der Waals surface area contributed by atoms with Gasteiger partial charge in [-0.25, -0.2) is 0 Å². The van der Waals surface area contributed by atoms with Crippen LogP contribution in [0.25, 0.3) is 0 Å². The molecule has 1 saturated heterocycles. The minimum absolute atomic E-state index is 0.138. The standard InChI is InChI=1S/C20H23ClN4O/c1-14-13-24(19-9-8-18(21)22-23-19)10-11-25(14)20(26)12-15-2-4-16(5-3-15)17-6-7-17/h2-5,8-9,14,17H,6-7,10-13H2,1H3. The number of aromatic nitrogens is 2. The van der Waals surface area contributed by atoms with Crippen molar-refractivity contribution in [2.75, 3.05) is 24.5 Å². The van der Waals surface area contributed by atoms with Crippen molar-refractivity contribution in [3.05, 3.63) is 52.7 Å². The molecule has 1 amide bonds. The molecule has 4 rings (SSSR count). The summed E-state index contributed by atoms with van der Waals surface area (Å²) in [6.45, 7) is 4.30. The normalized spacial score (nSPS) is 20.3. The van der Waals surface area contributed by atoms with Gasteiger partial charge in [0.15, 0.2) is 11.0 Å². The lowest BCUT2D eigenvalue weighted by Crippen LogP contribution is -2.54. The van der Waals surface area contributed by atoms with E-state index in [1.54, 1.807) is 6.07 Å². The highest BCUT2D eigenvalue weighted by Crippen LogP contribution is 2.39. The second-order valence-electron chi connectivity index (χ2n) is 7.29. The van der Waals surface area contributed by atoms with E-state index in [2.05, 4.69) is 46.3 Å². The largest absolute Gasteiger partial charge is 0.351 e. The van der Waals surface area contributed by atoms with E-state index in [0.717, 1.165) is 30.4 Å². The van der Waals surface area contributed by atoms with Crippen molar-refractivity contribution in [3.63, 3.8) is 0 Å². The molecule has 2 aliphatic rings. The van der Waals surface area contributed by atoms with E-state index in [9.17, 15) is 4.79 Å². The molecule has 5 nitrogen and oxygen atoms in total. The van der Waals surface area contributed by atoms with Crippen molar-refractivity contribution >= 4 is 23.3 Å². The van der Waals surface area contributed by atoms with E-state index in [1.165, 1.54) is 18.4 Å². The first-order valence-electron chi connectivity index (χ1n) is 9.22. The third kappa shape index (κ3) is 3.83. The van der Waals surface area contributed by atoms with Crippen molar-refractivity contribution < 1.29 is 4.79 Å². The number of carbonyl (C=O) groups is 1. The van der Waals surface area contributed by atoms with E-state index in [1.807, 2.05) is 11.0 Å². The lowest BCUT2D eigenvalue weighted by molar-refractivity contribution is -0.132. The number of anilines is 1. The Hall–Kier alpha value is -2.14. The third-order valence-electron chi connectivity index (χ3n) is 5.27. The van der Waals surface area contributed by atoms with Gasteiger partial charge in [0.05, 0.1) is 6.42 Å². The van der Waals surface area contributed by atoms with E-state index in [-0.39, 0.29) is 11.9 Å². The molecular formula is C20H23ClN4O. The molecule has 1 unspecified atom stereocenters. The van der Waals surface area contributed by atoms with Crippen LogP contribution in [0, 0.1) is 0 Å². The maximum atomic E-state index is 12.8. The third-order valence-corrected chi connectivity index (χ3v) is 5.48. The number of rotatable bonds is 4. The summed E-state index contributed by atoms with van der Waals surface area (Å²) in [7, 11) is 0. The lowest BCUT2D eigenvalue weighted by atomic mass is 10.0. The Balaban J connectivity index is 1.35. The molecule has 136 valence electrons. The first-order chi connectivity index (χ1) is 12.6. The highest BCUT2D eigenvalue weighted by Gasteiger charge is 2.28. The summed E-state index contributed by atoms with van der Waals surface area (Å²) in [6.07, 6.45) is 3.08. The van der Waals surface area contributed by atoms with E-state index in [4.69, 9.17) is 11.6 Å². The number of carbonyl (C=O) groups excluding carboxylic acids is 1. The molecule has 1 aromatic carbocycles. The van der Waals surface area contributed by atoms with Gasteiger partial charge in [-0.3, -0.25) is 4.79 Å². The van der Waals surface area contributed by atoms with Gasteiger partial charge in [-0.15, -0.1) is 10.2 Å². The molecular weight excluding hydrogens is 348 g/mol. The maximum absolute atomic E-state index is 12.8. The molecule has 26 heavy (non-hydrogen) atoms. The summed E-state index contributed by atoms with van der Waals surface area (Å²) in [5.41, 5.74) is 2.50. The molecule has 2 heterocycles. The number of piperazine rings is 1. The van der Waals surface area contributed by atoms with Crippen molar-refractivity contribution in [1.82, 2.24) is 15.1 Å². The van der Waals surface area contributed by atoms with Crippen LogP contribution >= 0.6 is 11.6 Å². The monoisotopic (exact) mass is 370 g/mol. The molecule has 0 bridgehead atoms. The SMILES string of the molecule is CC1CN(c2ccc(Cl)nn2)CCN1C(=O)Cc1ccc(C2CC2)cc1. The molecule has 6 heteroatoms. The zero-order valence-electron chi connectivity index (χ0n) is 14.9. The van der Waals surface area contributed by atoms with Crippen LogP contribution in [-0.4, -0.2) is 46.7 Å². The Morgan fingerprint density at radius 1 is 1.12 bits per heavy atom. The predicted molar refractivity (Wildman–Crippen MR) is 103 cm³/mol. The molecule has 0 N–H and O–H groups in total. The van der Waals surface area contributed by atoms with E-state index < -0.39 is 0 Å². The Bertz CT molecular complexity index is 773. The summed E-state index contributed by atoms with van der Waals surface area (Å²) < 4.78 is 0. The zero-order valence-corrected chi connectivity index (χ0v) is 15.7. The van der Waals surface area contributed by atoms with Gasteiger partial charge in [0.25, 0.3) is 0 Å². The number of halogens is 1. The fourth-order valence-corrected chi connectivity index (χ4v) is 3.72. The Morgan fingerprint density at radius 3 is 2.50 bits per heavy atom. The Morgan fingerprint density at radius 2 is 1.88 bits per heavy atom. The van der Waals surface area contributed by atoms with Gasteiger partial charge in [0.1, 0.15) is 0 Å². The number of hydrogen-bond donors (Lipinski definition) is 0. The first kappa shape index (κ1) is 17.3. The smallest absolute Gasteiger partial charge is 0.227 e. The Labute approximate surface area is 159 Å². The van der Waals surface area contributed by atoms with E-state index >= 15 is 0 Å². The molecule has 1 aromatic heterocycles. The predicted octanol–water partition coefficient (Wildman–Crippen LogP) is 3.29. The quantitative estimate of drug-likeness (QED) is 0.828. The fraction of sp³-hybridized carbons (Fsp3) is 0.450. The summed E-state index contributed by atoms with van der Waals surface area (Å²) in [6, 6.07) is 12.3. The van der Waals surface area contributed by atoms with Crippen molar-refractivity contribution in [2.24, 2.45) is 0 Å². The number of amides is 1. The van der Waals surface area contributed by atoms with Gasteiger partial charge in [0, 0.05) is 25.7 Å². The zero-order chi connectivity index (χ0) is 18.1. The lowest BCUT2D eigenvalue weighted by Gasteiger charge is -2.40. The average Bonchev–Trinajstić information content (AvgIpc) is 3.48. The summed E-state index contributed by atoms with van der Waals surface area (Å²) in [4.78, 5) is 16.9. The van der Waals surface area contributed by atoms with Gasteiger partial charge in [-0.05, 0) is 48.9 Å².